The Morgan fingerprint density at radius 2 is 1.78 bits per heavy atom. The van der Waals surface area contributed by atoms with Crippen molar-refractivity contribution < 1.29 is 0 Å². The molecule has 0 radical (unpaired) electrons. The van der Waals surface area contributed by atoms with Gasteiger partial charge in [0, 0.05) is 50.6 Å². The van der Waals surface area contributed by atoms with Crippen LogP contribution in [0.1, 0.15) is 19.4 Å². The summed E-state index contributed by atoms with van der Waals surface area (Å²) in [5, 5.41) is 3.57. The van der Waals surface area contributed by atoms with Gasteiger partial charge in [0.15, 0.2) is 0 Å². The molecule has 0 bridgehead atoms. The van der Waals surface area contributed by atoms with Crippen molar-refractivity contribution in [3.63, 3.8) is 0 Å². The van der Waals surface area contributed by atoms with Crippen LogP contribution >= 0.6 is 0 Å². The SMILES string of the molecule is CC1CN(Cc2ccc(N(C)c3ccccc3)nc2)CC(C)N1. The number of nitrogens with one attached hydrogen (secondary N) is 1. The zero-order valence-corrected chi connectivity index (χ0v) is 14.2. The number of para-hydroxylation sites is 1. The van der Waals surface area contributed by atoms with Gasteiger partial charge in [-0.3, -0.25) is 4.90 Å². The summed E-state index contributed by atoms with van der Waals surface area (Å²) in [7, 11) is 2.05. The van der Waals surface area contributed by atoms with E-state index in [1.54, 1.807) is 0 Å². The normalized spacial score (nSPS) is 22.0. The molecule has 4 nitrogen and oxygen atoms in total. The van der Waals surface area contributed by atoms with Crippen molar-refractivity contribution >= 4 is 11.5 Å². The van der Waals surface area contributed by atoms with Gasteiger partial charge in [0.05, 0.1) is 0 Å². The lowest BCUT2D eigenvalue weighted by atomic mass is 10.1. The number of piperazine rings is 1. The molecule has 0 spiro atoms. The van der Waals surface area contributed by atoms with Crippen LogP contribution in [0.2, 0.25) is 0 Å². The quantitative estimate of drug-likeness (QED) is 0.940. The predicted octanol–water partition coefficient (Wildman–Crippen LogP) is 3.03. The predicted molar refractivity (Wildman–Crippen MR) is 96.1 cm³/mol. The van der Waals surface area contributed by atoms with Gasteiger partial charge in [-0.15, -0.1) is 0 Å². The summed E-state index contributed by atoms with van der Waals surface area (Å²) in [5.74, 6) is 0.974. The summed E-state index contributed by atoms with van der Waals surface area (Å²) in [6, 6.07) is 15.7. The third-order valence-electron chi connectivity index (χ3n) is 4.34. The highest BCUT2D eigenvalue weighted by Crippen LogP contribution is 2.21. The topological polar surface area (TPSA) is 31.4 Å². The van der Waals surface area contributed by atoms with E-state index in [0.717, 1.165) is 31.1 Å². The minimum absolute atomic E-state index is 0.551. The van der Waals surface area contributed by atoms with Gasteiger partial charge in [-0.2, -0.15) is 0 Å². The minimum atomic E-state index is 0.551. The first-order valence-electron chi connectivity index (χ1n) is 8.34. The molecule has 1 fully saturated rings. The molecule has 1 saturated heterocycles. The molecule has 0 amide bonds. The van der Waals surface area contributed by atoms with Crippen LogP contribution < -0.4 is 10.2 Å². The maximum Gasteiger partial charge on any atom is 0.132 e. The van der Waals surface area contributed by atoms with Crippen molar-refractivity contribution in [2.45, 2.75) is 32.5 Å². The Kier molecular flexibility index (Phi) is 4.94. The number of aromatic nitrogens is 1. The molecule has 1 N–H and O–H groups in total. The van der Waals surface area contributed by atoms with Crippen LogP contribution in [0.3, 0.4) is 0 Å². The number of rotatable bonds is 4. The maximum absolute atomic E-state index is 4.64. The van der Waals surface area contributed by atoms with Gasteiger partial charge in [0.1, 0.15) is 5.82 Å². The maximum atomic E-state index is 4.64. The van der Waals surface area contributed by atoms with Crippen molar-refractivity contribution in [1.82, 2.24) is 15.2 Å². The van der Waals surface area contributed by atoms with Crippen molar-refractivity contribution in [3.05, 3.63) is 54.2 Å². The average Bonchev–Trinajstić information content (AvgIpc) is 2.55. The molecule has 1 aliphatic heterocycles. The van der Waals surface area contributed by atoms with E-state index in [9.17, 15) is 0 Å². The first-order chi connectivity index (χ1) is 11.1. The van der Waals surface area contributed by atoms with E-state index in [1.165, 1.54) is 5.56 Å². The van der Waals surface area contributed by atoms with Gasteiger partial charge in [-0.25, -0.2) is 4.98 Å². The monoisotopic (exact) mass is 310 g/mol. The van der Waals surface area contributed by atoms with E-state index in [1.807, 2.05) is 24.4 Å². The molecular weight excluding hydrogens is 284 g/mol. The summed E-state index contributed by atoms with van der Waals surface area (Å²) >= 11 is 0. The Balaban J connectivity index is 1.65. The molecule has 0 aliphatic carbocycles. The average molecular weight is 310 g/mol. The van der Waals surface area contributed by atoms with Crippen LogP contribution in [0, 0.1) is 0 Å². The first kappa shape index (κ1) is 16.0. The Morgan fingerprint density at radius 3 is 2.39 bits per heavy atom. The van der Waals surface area contributed by atoms with Crippen molar-refractivity contribution in [3.8, 4) is 0 Å². The van der Waals surface area contributed by atoms with Crippen LogP contribution in [-0.4, -0.2) is 42.1 Å². The number of anilines is 2. The smallest absolute Gasteiger partial charge is 0.132 e. The highest BCUT2D eigenvalue weighted by molar-refractivity contribution is 5.58. The highest BCUT2D eigenvalue weighted by Gasteiger charge is 2.20. The van der Waals surface area contributed by atoms with E-state index in [4.69, 9.17) is 0 Å². The molecule has 0 saturated carbocycles. The zero-order chi connectivity index (χ0) is 16.2. The number of hydrogen-bond donors (Lipinski definition) is 1. The van der Waals surface area contributed by atoms with Crippen LogP contribution in [0.4, 0.5) is 11.5 Å². The van der Waals surface area contributed by atoms with Gasteiger partial charge in [-0.1, -0.05) is 24.3 Å². The number of pyridine rings is 1. The van der Waals surface area contributed by atoms with Gasteiger partial charge < -0.3 is 10.2 Å². The number of benzene rings is 1. The molecule has 1 aliphatic rings. The Labute approximate surface area is 139 Å². The standard InChI is InChI=1S/C19H26N4/c1-15-12-23(13-16(2)21-15)14-17-9-10-19(20-11-17)22(3)18-7-5-4-6-8-18/h4-11,15-16,21H,12-14H2,1-3H3. The fourth-order valence-electron chi connectivity index (χ4n) is 3.32. The fraction of sp³-hybridized carbons (Fsp3) is 0.421. The molecular formula is C19H26N4. The summed E-state index contributed by atoms with van der Waals surface area (Å²) in [5.41, 5.74) is 2.43. The third-order valence-corrected chi connectivity index (χ3v) is 4.34. The molecule has 4 heteroatoms. The summed E-state index contributed by atoms with van der Waals surface area (Å²) < 4.78 is 0. The second kappa shape index (κ2) is 7.11. The lowest BCUT2D eigenvalue weighted by Crippen LogP contribution is -2.53. The van der Waals surface area contributed by atoms with Gasteiger partial charge in [0.2, 0.25) is 0 Å². The molecule has 3 rings (SSSR count). The van der Waals surface area contributed by atoms with Crippen LogP contribution in [0.25, 0.3) is 0 Å². The Morgan fingerprint density at radius 1 is 1.09 bits per heavy atom. The Hall–Kier alpha value is -1.91. The fourth-order valence-corrected chi connectivity index (χ4v) is 3.32. The van der Waals surface area contributed by atoms with Gasteiger partial charge in [-0.05, 0) is 37.6 Å². The van der Waals surface area contributed by atoms with E-state index >= 15 is 0 Å². The third kappa shape index (κ3) is 4.09. The summed E-state index contributed by atoms with van der Waals surface area (Å²) in [4.78, 5) is 9.26. The second-order valence-corrected chi connectivity index (χ2v) is 6.58. The lowest BCUT2D eigenvalue weighted by molar-refractivity contribution is 0.166. The van der Waals surface area contributed by atoms with Gasteiger partial charge in [0.25, 0.3) is 0 Å². The van der Waals surface area contributed by atoms with Crippen molar-refractivity contribution in [1.29, 1.82) is 0 Å². The first-order valence-corrected chi connectivity index (χ1v) is 8.34. The van der Waals surface area contributed by atoms with Crippen LogP contribution in [0.15, 0.2) is 48.7 Å². The van der Waals surface area contributed by atoms with E-state index < -0.39 is 0 Å². The van der Waals surface area contributed by atoms with Crippen molar-refractivity contribution in [2.75, 3.05) is 25.0 Å². The lowest BCUT2D eigenvalue weighted by Gasteiger charge is -2.36. The molecule has 2 heterocycles. The minimum Gasteiger partial charge on any atom is -0.329 e. The molecule has 1 aromatic carbocycles. The van der Waals surface area contributed by atoms with Crippen LogP contribution in [0.5, 0.6) is 0 Å². The van der Waals surface area contributed by atoms with Crippen molar-refractivity contribution in [2.24, 2.45) is 0 Å². The molecule has 2 atom stereocenters. The summed E-state index contributed by atoms with van der Waals surface area (Å²) in [6.45, 7) is 7.66. The zero-order valence-electron chi connectivity index (χ0n) is 14.2. The van der Waals surface area contributed by atoms with Crippen LogP contribution in [-0.2, 0) is 6.54 Å². The highest BCUT2D eigenvalue weighted by atomic mass is 15.2. The second-order valence-electron chi connectivity index (χ2n) is 6.58. The Bertz CT molecular complexity index is 601. The number of nitrogens with zero attached hydrogens (tertiary/aromatic N) is 3. The van der Waals surface area contributed by atoms with Gasteiger partial charge >= 0.3 is 0 Å². The summed E-state index contributed by atoms with van der Waals surface area (Å²) in [6.07, 6.45) is 2.01. The van der Waals surface area contributed by atoms with E-state index in [-0.39, 0.29) is 0 Å². The largest absolute Gasteiger partial charge is 0.329 e. The molecule has 23 heavy (non-hydrogen) atoms. The molecule has 2 unspecified atom stereocenters. The molecule has 122 valence electrons. The molecule has 1 aromatic heterocycles. The van der Waals surface area contributed by atoms with E-state index in [0.29, 0.717) is 12.1 Å². The molecule has 2 aromatic rings. The van der Waals surface area contributed by atoms with E-state index in [2.05, 4.69) is 65.3 Å². The number of hydrogen-bond acceptors (Lipinski definition) is 4.